The van der Waals surface area contributed by atoms with Gasteiger partial charge in [0.15, 0.2) is 5.96 Å². The zero-order chi connectivity index (χ0) is 13.5. The zero-order valence-corrected chi connectivity index (χ0v) is 14.2. The van der Waals surface area contributed by atoms with Crippen molar-refractivity contribution < 1.29 is 4.39 Å². The predicted molar refractivity (Wildman–Crippen MR) is 92.0 cm³/mol. The van der Waals surface area contributed by atoms with Crippen molar-refractivity contribution in [1.82, 2.24) is 10.6 Å². The summed E-state index contributed by atoms with van der Waals surface area (Å²) in [6.07, 6.45) is 3.96. The van der Waals surface area contributed by atoms with E-state index < -0.39 is 0 Å². The van der Waals surface area contributed by atoms with Crippen LogP contribution in [0.5, 0.6) is 0 Å². The van der Waals surface area contributed by atoms with Crippen molar-refractivity contribution >= 4 is 29.9 Å². The van der Waals surface area contributed by atoms with Crippen LogP contribution in [0.2, 0.25) is 0 Å². The third-order valence-corrected chi connectivity index (χ3v) is 3.19. The first-order valence-electron chi connectivity index (χ1n) is 7.04. The molecule has 0 unspecified atom stereocenters. The van der Waals surface area contributed by atoms with E-state index in [0.717, 1.165) is 30.5 Å². The second-order valence-electron chi connectivity index (χ2n) is 4.98. The summed E-state index contributed by atoms with van der Waals surface area (Å²) in [7, 11) is 0. The average molecular weight is 391 g/mol. The van der Waals surface area contributed by atoms with Crippen molar-refractivity contribution in [2.45, 2.75) is 32.7 Å². The Hall–Kier alpha value is -0.850. The van der Waals surface area contributed by atoms with E-state index in [1.807, 2.05) is 13.0 Å². The highest BCUT2D eigenvalue weighted by molar-refractivity contribution is 14.0. The second kappa shape index (κ2) is 9.15. The van der Waals surface area contributed by atoms with Crippen LogP contribution < -0.4 is 10.6 Å². The van der Waals surface area contributed by atoms with E-state index in [1.165, 1.54) is 31.4 Å². The molecule has 1 fully saturated rings. The lowest BCUT2D eigenvalue weighted by Crippen LogP contribution is -2.37. The lowest BCUT2D eigenvalue weighted by atomic mass is 10.2. The summed E-state index contributed by atoms with van der Waals surface area (Å²) in [6, 6.07) is 6.58. The van der Waals surface area contributed by atoms with Crippen LogP contribution in [-0.2, 0) is 6.54 Å². The average Bonchev–Trinajstić information content (AvgIpc) is 3.20. The number of hydrogen-bond donors (Lipinski definition) is 2. The quantitative estimate of drug-likeness (QED) is 0.444. The number of nitrogens with one attached hydrogen (secondary N) is 2. The van der Waals surface area contributed by atoms with Crippen molar-refractivity contribution in [3.63, 3.8) is 0 Å². The van der Waals surface area contributed by atoms with Gasteiger partial charge in [-0.05, 0) is 37.0 Å². The Morgan fingerprint density at radius 2 is 2.15 bits per heavy atom. The summed E-state index contributed by atoms with van der Waals surface area (Å²) in [5.74, 6) is 1.52. The van der Waals surface area contributed by atoms with Crippen molar-refractivity contribution in [2.75, 3.05) is 13.1 Å². The molecule has 5 heteroatoms. The van der Waals surface area contributed by atoms with Crippen molar-refractivity contribution in [1.29, 1.82) is 0 Å². The molecule has 2 N–H and O–H groups in total. The van der Waals surface area contributed by atoms with E-state index in [0.29, 0.717) is 6.54 Å². The molecule has 1 aromatic rings. The van der Waals surface area contributed by atoms with Crippen LogP contribution in [-0.4, -0.2) is 19.0 Å². The Kier molecular flexibility index (Phi) is 7.87. The highest BCUT2D eigenvalue weighted by Gasteiger charge is 2.20. The molecule has 1 aromatic carbocycles. The van der Waals surface area contributed by atoms with Crippen molar-refractivity contribution in [2.24, 2.45) is 10.9 Å². The van der Waals surface area contributed by atoms with Gasteiger partial charge in [-0.15, -0.1) is 24.0 Å². The molecule has 0 atom stereocenters. The van der Waals surface area contributed by atoms with Gasteiger partial charge in [-0.3, -0.25) is 0 Å². The van der Waals surface area contributed by atoms with Crippen molar-refractivity contribution in [3.8, 4) is 0 Å². The van der Waals surface area contributed by atoms with Gasteiger partial charge < -0.3 is 10.6 Å². The first kappa shape index (κ1) is 17.2. The fourth-order valence-corrected chi connectivity index (χ4v) is 1.95. The number of aliphatic imine (C=N–C) groups is 1. The summed E-state index contributed by atoms with van der Waals surface area (Å²) in [5, 5.41) is 6.53. The monoisotopic (exact) mass is 391 g/mol. The van der Waals surface area contributed by atoms with Crippen LogP contribution in [0.25, 0.3) is 0 Å². The number of guanidine groups is 1. The van der Waals surface area contributed by atoms with Gasteiger partial charge in [-0.1, -0.05) is 25.0 Å². The van der Waals surface area contributed by atoms with E-state index in [2.05, 4.69) is 15.6 Å². The Bertz CT molecular complexity index is 433. The molecule has 0 bridgehead atoms. The SMILES string of the molecule is CCNC(=NCc1cccc(F)c1)NCCC1CC1.I. The first-order valence-corrected chi connectivity index (χ1v) is 7.04. The number of hydrogen-bond acceptors (Lipinski definition) is 1. The summed E-state index contributed by atoms with van der Waals surface area (Å²) < 4.78 is 13.1. The maximum atomic E-state index is 13.1. The van der Waals surface area contributed by atoms with Gasteiger partial charge in [0.1, 0.15) is 5.82 Å². The standard InChI is InChI=1S/C15H22FN3.HI/c1-2-17-15(18-9-8-12-6-7-12)19-11-13-4-3-5-14(16)10-13;/h3-5,10,12H,2,6-9,11H2,1H3,(H2,17,18,19);1H. The Labute approximate surface area is 137 Å². The maximum Gasteiger partial charge on any atom is 0.191 e. The molecule has 0 aromatic heterocycles. The van der Waals surface area contributed by atoms with Gasteiger partial charge in [-0.2, -0.15) is 0 Å². The Morgan fingerprint density at radius 1 is 1.35 bits per heavy atom. The minimum absolute atomic E-state index is 0. The molecule has 0 radical (unpaired) electrons. The van der Waals surface area contributed by atoms with Gasteiger partial charge >= 0.3 is 0 Å². The van der Waals surface area contributed by atoms with Gasteiger partial charge in [0.25, 0.3) is 0 Å². The minimum Gasteiger partial charge on any atom is -0.357 e. The Morgan fingerprint density at radius 3 is 2.80 bits per heavy atom. The number of rotatable bonds is 6. The van der Waals surface area contributed by atoms with E-state index in [1.54, 1.807) is 6.07 Å². The van der Waals surface area contributed by atoms with Gasteiger partial charge in [0.05, 0.1) is 6.54 Å². The van der Waals surface area contributed by atoms with Gasteiger partial charge in [0.2, 0.25) is 0 Å². The molecule has 0 heterocycles. The lowest BCUT2D eigenvalue weighted by Gasteiger charge is -2.11. The third-order valence-electron chi connectivity index (χ3n) is 3.19. The zero-order valence-electron chi connectivity index (χ0n) is 11.9. The van der Waals surface area contributed by atoms with Crippen LogP contribution in [0.1, 0.15) is 31.7 Å². The molecule has 0 amide bonds. The smallest absolute Gasteiger partial charge is 0.191 e. The van der Waals surface area contributed by atoms with Gasteiger partial charge in [-0.25, -0.2) is 9.38 Å². The van der Waals surface area contributed by atoms with Crippen molar-refractivity contribution in [3.05, 3.63) is 35.6 Å². The third kappa shape index (κ3) is 6.54. The molecule has 0 saturated heterocycles. The molecule has 112 valence electrons. The first-order chi connectivity index (χ1) is 9.28. The fraction of sp³-hybridized carbons (Fsp3) is 0.533. The molecule has 0 aliphatic heterocycles. The number of halogens is 2. The highest BCUT2D eigenvalue weighted by atomic mass is 127. The molecule has 1 aliphatic rings. The number of nitrogens with zero attached hydrogens (tertiary/aromatic N) is 1. The second-order valence-corrected chi connectivity index (χ2v) is 4.98. The van der Waals surface area contributed by atoms with E-state index in [9.17, 15) is 4.39 Å². The Balaban J connectivity index is 0.00000200. The summed E-state index contributed by atoms with van der Waals surface area (Å²) in [5.41, 5.74) is 0.888. The molecule has 2 rings (SSSR count). The molecule has 0 spiro atoms. The fourth-order valence-electron chi connectivity index (χ4n) is 1.95. The molecule has 1 saturated carbocycles. The van der Waals surface area contributed by atoms with E-state index in [-0.39, 0.29) is 29.8 Å². The molecule has 1 aliphatic carbocycles. The molecular formula is C15H23FIN3. The summed E-state index contributed by atoms with van der Waals surface area (Å²) >= 11 is 0. The topological polar surface area (TPSA) is 36.4 Å². The summed E-state index contributed by atoms with van der Waals surface area (Å²) in [4.78, 5) is 4.47. The van der Waals surface area contributed by atoms with Crippen LogP contribution >= 0.6 is 24.0 Å². The van der Waals surface area contributed by atoms with E-state index in [4.69, 9.17) is 0 Å². The minimum atomic E-state index is -0.209. The lowest BCUT2D eigenvalue weighted by molar-refractivity contribution is 0.625. The highest BCUT2D eigenvalue weighted by Crippen LogP contribution is 2.31. The summed E-state index contributed by atoms with van der Waals surface area (Å²) in [6.45, 7) is 4.33. The normalized spacial score (nSPS) is 14.6. The van der Waals surface area contributed by atoms with Crippen LogP contribution in [0.3, 0.4) is 0 Å². The molecular weight excluding hydrogens is 368 g/mol. The molecule has 3 nitrogen and oxygen atoms in total. The predicted octanol–water partition coefficient (Wildman–Crippen LogP) is 3.30. The largest absolute Gasteiger partial charge is 0.357 e. The number of benzene rings is 1. The maximum absolute atomic E-state index is 13.1. The van der Waals surface area contributed by atoms with E-state index >= 15 is 0 Å². The molecule has 20 heavy (non-hydrogen) atoms. The van der Waals surface area contributed by atoms with Crippen LogP contribution in [0.4, 0.5) is 4.39 Å². The van der Waals surface area contributed by atoms with Crippen LogP contribution in [0.15, 0.2) is 29.3 Å². The van der Waals surface area contributed by atoms with Crippen LogP contribution in [0, 0.1) is 11.7 Å². The van der Waals surface area contributed by atoms with Gasteiger partial charge in [0, 0.05) is 13.1 Å².